The lowest BCUT2D eigenvalue weighted by Gasteiger charge is -2.02. The highest BCUT2D eigenvalue weighted by atomic mass is 16.6. The van der Waals surface area contributed by atoms with Gasteiger partial charge < -0.3 is 9.82 Å². The van der Waals surface area contributed by atoms with Crippen molar-refractivity contribution in [3.8, 4) is 11.4 Å². The van der Waals surface area contributed by atoms with Gasteiger partial charge in [-0.15, -0.1) is 0 Å². The summed E-state index contributed by atoms with van der Waals surface area (Å²) in [5, 5.41) is 3.86. The van der Waals surface area contributed by atoms with E-state index in [1.54, 1.807) is 0 Å². The Morgan fingerprint density at radius 1 is 1.41 bits per heavy atom. The van der Waals surface area contributed by atoms with Gasteiger partial charge in [0, 0.05) is 6.20 Å². The lowest BCUT2D eigenvalue weighted by atomic mass is 10.2. The third-order valence-electron chi connectivity index (χ3n) is 2.26. The summed E-state index contributed by atoms with van der Waals surface area (Å²) in [6.45, 7) is 5.27. The maximum Gasteiger partial charge on any atom is 0.114 e. The molecule has 86 valence electrons. The second kappa shape index (κ2) is 5.12. The zero-order valence-corrected chi connectivity index (χ0v) is 9.55. The molecule has 0 spiro atoms. The lowest BCUT2D eigenvalue weighted by molar-refractivity contribution is 0.269. The number of nitrogens with one attached hydrogen (secondary N) is 1. The van der Waals surface area contributed by atoms with E-state index >= 15 is 0 Å². The van der Waals surface area contributed by atoms with Crippen LogP contribution in [0.2, 0.25) is 0 Å². The summed E-state index contributed by atoms with van der Waals surface area (Å²) in [7, 11) is 0. The molecular formula is C13H13N3O. The summed E-state index contributed by atoms with van der Waals surface area (Å²) in [5.41, 5.74) is 3.34. The second-order valence-electron chi connectivity index (χ2n) is 3.44. The highest BCUT2D eigenvalue weighted by Crippen LogP contribution is 2.14. The number of rotatable bonds is 4. The van der Waals surface area contributed by atoms with Crippen LogP contribution in [0, 0.1) is 0 Å². The maximum absolute atomic E-state index is 4.78. The van der Waals surface area contributed by atoms with E-state index in [2.05, 4.69) is 21.7 Å². The molecule has 0 bridgehead atoms. The Hall–Kier alpha value is -2.36. The van der Waals surface area contributed by atoms with Gasteiger partial charge in [-0.1, -0.05) is 17.8 Å². The third kappa shape index (κ3) is 2.60. The number of hydrogen-bond acceptors (Lipinski definition) is 3. The first-order valence-corrected chi connectivity index (χ1v) is 5.24. The molecular weight excluding hydrogens is 214 g/mol. The first-order chi connectivity index (χ1) is 8.31. The van der Waals surface area contributed by atoms with Gasteiger partial charge in [0.1, 0.15) is 12.0 Å². The topological polar surface area (TPSA) is 50.3 Å². The molecule has 2 aromatic rings. The van der Waals surface area contributed by atoms with Crippen LogP contribution < -0.4 is 0 Å². The predicted molar refractivity (Wildman–Crippen MR) is 67.5 cm³/mol. The number of aromatic nitrogens is 2. The van der Waals surface area contributed by atoms with Crippen molar-refractivity contribution in [3.63, 3.8) is 0 Å². The molecule has 0 amide bonds. The summed E-state index contributed by atoms with van der Waals surface area (Å²) < 4.78 is 0. The Kier molecular flexibility index (Phi) is 3.35. The molecule has 0 fully saturated rings. The van der Waals surface area contributed by atoms with E-state index in [1.807, 2.05) is 43.5 Å². The van der Waals surface area contributed by atoms with E-state index in [-0.39, 0.29) is 0 Å². The Labute approximate surface area is 99.7 Å². The fraction of sp³-hybridized carbons (Fsp3) is 0.0769. The van der Waals surface area contributed by atoms with Crippen LogP contribution in [0.5, 0.6) is 0 Å². The number of nitrogens with zero attached hydrogens (tertiary/aromatic N) is 2. The van der Waals surface area contributed by atoms with E-state index in [0.29, 0.717) is 5.71 Å². The molecule has 0 saturated carbocycles. The largest absolute Gasteiger partial charge is 0.365 e. The average molecular weight is 227 g/mol. The van der Waals surface area contributed by atoms with Crippen molar-refractivity contribution >= 4 is 5.71 Å². The fourth-order valence-corrected chi connectivity index (χ4v) is 1.44. The molecule has 0 aromatic carbocycles. The quantitative estimate of drug-likeness (QED) is 0.496. The van der Waals surface area contributed by atoms with Crippen LogP contribution in [0.25, 0.3) is 11.4 Å². The molecule has 4 nitrogen and oxygen atoms in total. The van der Waals surface area contributed by atoms with E-state index in [9.17, 15) is 0 Å². The molecule has 0 radical (unpaired) electrons. The molecule has 0 aliphatic heterocycles. The molecule has 2 aromatic heterocycles. The molecule has 2 rings (SSSR count). The van der Waals surface area contributed by atoms with Crippen molar-refractivity contribution in [1.82, 2.24) is 9.97 Å². The summed E-state index contributed by atoms with van der Waals surface area (Å²) in [4.78, 5) is 12.4. The van der Waals surface area contributed by atoms with Crippen LogP contribution in [-0.4, -0.2) is 15.7 Å². The Balaban J connectivity index is 2.32. The van der Waals surface area contributed by atoms with Gasteiger partial charge in [-0.05, 0) is 31.2 Å². The molecule has 0 aliphatic rings. The van der Waals surface area contributed by atoms with Gasteiger partial charge in [-0.2, -0.15) is 0 Å². The van der Waals surface area contributed by atoms with Crippen molar-refractivity contribution in [3.05, 3.63) is 55.1 Å². The molecule has 1 N–H and O–H groups in total. The van der Waals surface area contributed by atoms with Crippen molar-refractivity contribution in [2.75, 3.05) is 0 Å². The van der Waals surface area contributed by atoms with Crippen molar-refractivity contribution in [2.45, 2.75) is 6.92 Å². The maximum atomic E-state index is 4.78. The Bertz CT molecular complexity index is 529. The first kappa shape index (κ1) is 11.1. The summed E-state index contributed by atoms with van der Waals surface area (Å²) in [5.74, 6) is 0. The van der Waals surface area contributed by atoms with Gasteiger partial charge >= 0.3 is 0 Å². The van der Waals surface area contributed by atoms with Gasteiger partial charge in [-0.25, -0.2) is 4.98 Å². The zero-order valence-electron chi connectivity index (χ0n) is 9.55. The van der Waals surface area contributed by atoms with E-state index < -0.39 is 0 Å². The smallest absolute Gasteiger partial charge is 0.114 e. The number of oxime groups is 1. The molecule has 2 heterocycles. The number of hydrogen-bond donors (Lipinski definition) is 1. The first-order valence-electron chi connectivity index (χ1n) is 5.24. The normalized spacial score (nSPS) is 11.2. The molecule has 4 heteroatoms. The fourth-order valence-electron chi connectivity index (χ4n) is 1.44. The highest BCUT2D eigenvalue weighted by molar-refractivity contribution is 5.96. The molecule has 17 heavy (non-hydrogen) atoms. The van der Waals surface area contributed by atoms with Crippen molar-refractivity contribution < 1.29 is 4.84 Å². The minimum atomic E-state index is 0.707. The zero-order chi connectivity index (χ0) is 12.1. The van der Waals surface area contributed by atoms with E-state index in [4.69, 9.17) is 4.84 Å². The van der Waals surface area contributed by atoms with Crippen LogP contribution in [-0.2, 0) is 4.84 Å². The SMILES string of the molecule is C=CO/N=C(\C)c1cccc(-c2ccc[nH]2)n1. The monoisotopic (exact) mass is 227 g/mol. The minimum absolute atomic E-state index is 0.707. The minimum Gasteiger partial charge on any atom is -0.365 e. The van der Waals surface area contributed by atoms with Gasteiger partial charge in [0.25, 0.3) is 0 Å². The van der Waals surface area contributed by atoms with Crippen molar-refractivity contribution in [2.24, 2.45) is 5.16 Å². The van der Waals surface area contributed by atoms with E-state index in [1.165, 1.54) is 6.26 Å². The average Bonchev–Trinajstić information content (AvgIpc) is 2.90. The van der Waals surface area contributed by atoms with Gasteiger partial charge in [0.2, 0.25) is 0 Å². The second-order valence-corrected chi connectivity index (χ2v) is 3.44. The molecule has 0 atom stereocenters. The van der Waals surface area contributed by atoms with Crippen LogP contribution >= 0.6 is 0 Å². The molecule has 0 aliphatic carbocycles. The summed E-state index contributed by atoms with van der Waals surface area (Å²) in [6, 6.07) is 9.67. The van der Waals surface area contributed by atoms with Gasteiger partial charge in [0.15, 0.2) is 0 Å². The lowest BCUT2D eigenvalue weighted by Crippen LogP contribution is -1.99. The summed E-state index contributed by atoms with van der Waals surface area (Å²) in [6.07, 6.45) is 3.14. The molecule has 0 unspecified atom stereocenters. The third-order valence-corrected chi connectivity index (χ3v) is 2.26. The summed E-state index contributed by atoms with van der Waals surface area (Å²) >= 11 is 0. The van der Waals surface area contributed by atoms with Crippen LogP contribution in [0.1, 0.15) is 12.6 Å². The van der Waals surface area contributed by atoms with Crippen LogP contribution in [0.3, 0.4) is 0 Å². The predicted octanol–water partition coefficient (Wildman–Crippen LogP) is 2.96. The highest BCUT2D eigenvalue weighted by Gasteiger charge is 2.04. The van der Waals surface area contributed by atoms with Gasteiger partial charge in [0.05, 0.1) is 17.1 Å². The number of aromatic amines is 1. The van der Waals surface area contributed by atoms with Crippen molar-refractivity contribution in [1.29, 1.82) is 0 Å². The van der Waals surface area contributed by atoms with Gasteiger partial charge in [-0.3, -0.25) is 0 Å². The standard InChI is InChI=1S/C13H13N3O/c1-3-17-16-10(2)11-6-4-7-13(15-11)12-8-5-9-14-12/h3-9,14H,1H2,2H3/b16-10+. The van der Waals surface area contributed by atoms with E-state index in [0.717, 1.165) is 17.1 Å². The Morgan fingerprint density at radius 2 is 2.29 bits per heavy atom. The Morgan fingerprint density at radius 3 is 3.00 bits per heavy atom. The van der Waals surface area contributed by atoms with Crippen LogP contribution in [0.15, 0.2) is 54.5 Å². The van der Waals surface area contributed by atoms with Crippen LogP contribution in [0.4, 0.5) is 0 Å². The number of H-pyrrole nitrogens is 1. The number of pyridine rings is 1. The molecule has 0 saturated heterocycles.